The van der Waals surface area contributed by atoms with E-state index in [1.54, 1.807) is 6.20 Å². The predicted molar refractivity (Wildman–Crippen MR) is 119 cm³/mol. The number of amides is 1. The molecule has 148 valence electrons. The van der Waals surface area contributed by atoms with Gasteiger partial charge < -0.3 is 20.1 Å². The maximum absolute atomic E-state index is 11.3. The molecule has 1 aliphatic heterocycles. The Bertz CT molecular complexity index is 1040. The van der Waals surface area contributed by atoms with Gasteiger partial charge in [-0.05, 0) is 67.7 Å². The van der Waals surface area contributed by atoms with E-state index in [-0.39, 0.29) is 18.0 Å². The number of carbonyl (C=O) groups is 1. The summed E-state index contributed by atoms with van der Waals surface area (Å²) in [4.78, 5) is 18.0. The van der Waals surface area contributed by atoms with Crippen molar-refractivity contribution in [1.82, 2.24) is 14.9 Å². The van der Waals surface area contributed by atoms with Crippen molar-refractivity contribution < 1.29 is 4.79 Å². The van der Waals surface area contributed by atoms with Crippen LogP contribution >= 0.6 is 12.2 Å². The quantitative estimate of drug-likeness (QED) is 0.646. The molecule has 1 fully saturated rings. The molecule has 4 rings (SSSR count). The van der Waals surface area contributed by atoms with Crippen molar-refractivity contribution in [3.63, 3.8) is 0 Å². The number of carbonyl (C=O) groups excluding carboxylic acids is 1. The number of aryl methyl sites for hydroxylation is 1. The Labute approximate surface area is 175 Å². The van der Waals surface area contributed by atoms with Crippen LogP contribution in [0.5, 0.6) is 0 Å². The maximum Gasteiger partial charge on any atom is 0.221 e. The lowest BCUT2D eigenvalue weighted by Crippen LogP contribution is -2.30. The van der Waals surface area contributed by atoms with Gasteiger partial charge in [-0.2, -0.15) is 0 Å². The molecule has 6 nitrogen and oxygen atoms in total. The molecule has 7 heteroatoms. The number of hydrogen-bond donors (Lipinski definition) is 2. The molecule has 1 aliphatic rings. The number of aromatic nitrogens is 2. The summed E-state index contributed by atoms with van der Waals surface area (Å²) in [7, 11) is 2.07. The molecule has 0 spiro atoms. The van der Waals surface area contributed by atoms with Crippen LogP contribution < -0.4 is 15.5 Å². The molecule has 29 heavy (non-hydrogen) atoms. The SMILES string of the molecule is CC(=O)Nc1ccc(N2C(=S)N[C@@H](c3ccccn3)[C@H]2c2ccc(C)n2C)cc1. The Morgan fingerprint density at radius 2 is 1.90 bits per heavy atom. The van der Waals surface area contributed by atoms with Crippen LogP contribution in [0.25, 0.3) is 0 Å². The summed E-state index contributed by atoms with van der Waals surface area (Å²) in [5.41, 5.74) is 4.98. The molecule has 0 aliphatic carbocycles. The van der Waals surface area contributed by atoms with E-state index in [1.807, 2.05) is 42.5 Å². The van der Waals surface area contributed by atoms with Crippen LogP contribution in [0.2, 0.25) is 0 Å². The van der Waals surface area contributed by atoms with Gasteiger partial charge in [0.25, 0.3) is 0 Å². The smallest absolute Gasteiger partial charge is 0.221 e. The fourth-order valence-electron chi connectivity index (χ4n) is 3.77. The summed E-state index contributed by atoms with van der Waals surface area (Å²) < 4.78 is 2.19. The van der Waals surface area contributed by atoms with Crippen molar-refractivity contribution in [2.24, 2.45) is 7.05 Å². The predicted octanol–water partition coefficient (Wildman–Crippen LogP) is 3.86. The second-order valence-electron chi connectivity index (χ2n) is 7.18. The van der Waals surface area contributed by atoms with Gasteiger partial charge in [0.1, 0.15) is 6.04 Å². The van der Waals surface area contributed by atoms with Crippen LogP contribution in [0.4, 0.5) is 11.4 Å². The fourth-order valence-corrected chi connectivity index (χ4v) is 4.12. The summed E-state index contributed by atoms with van der Waals surface area (Å²) in [6.45, 7) is 3.59. The highest BCUT2D eigenvalue weighted by atomic mass is 32.1. The highest BCUT2D eigenvalue weighted by molar-refractivity contribution is 7.80. The maximum atomic E-state index is 11.3. The van der Waals surface area contributed by atoms with Crippen molar-refractivity contribution >= 4 is 34.6 Å². The second kappa shape index (κ2) is 7.67. The lowest BCUT2D eigenvalue weighted by molar-refractivity contribution is -0.114. The summed E-state index contributed by atoms with van der Waals surface area (Å²) in [5, 5.41) is 6.92. The van der Waals surface area contributed by atoms with Crippen LogP contribution in [-0.4, -0.2) is 20.6 Å². The first-order chi connectivity index (χ1) is 14.0. The molecule has 2 N–H and O–H groups in total. The van der Waals surface area contributed by atoms with Gasteiger partial charge in [-0.25, -0.2) is 0 Å². The first-order valence-electron chi connectivity index (χ1n) is 9.46. The summed E-state index contributed by atoms with van der Waals surface area (Å²) in [5.74, 6) is -0.0940. The number of rotatable bonds is 4. The third-order valence-electron chi connectivity index (χ3n) is 5.28. The molecule has 1 saturated heterocycles. The van der Waals surface area contributed by atoms with E-state index in [4.69, 9.17) is 12.2 Å². The monoisotopic (exact) mass is 405 g/mol. The number of pyridine rings is 1. The van der Waals surface area contributed by atoms with Crippen molar-refractivity contribution in [3.05, 3.63) is 77.9 Å². The number of nitrogens with one attached hydrogen (secondary N) is 2. The fraction of sp³-hybridized carbons (Fsp3) is 0.227. The van der Waals surface area contributed by atoms with Gasteiger partial charge >= 0.3 is 0 Å². The van der Waals surface area contributed by atoms with Gasteiger partial charge in [-0.3, -0.25) is 9.78 Å². The third kappa shape index (κ3) is 3.61. The standard InChI is InChI=1S/C22H23N5OS/c1-14-7-12-19(26(14)3)21-20(18-6-4-5-13-23-18)25-22(29)27(21)17-10-8-16(9-11-17)24-15(2)28/h4-13,20-21H,1-3H3,(H,24,28)(H,25,29)/t20-,21+/m0/s1. The number of thiocarbonyl (C=S) groups is 1. The van der Waals surface area contributed by atoms with Crippen molar-refractivity contribution in [3.8, 4) is 0 Å². The zero-order chi connectivity index (χ0) is 20.5. The normalized spacial score (nSPS) is 18.6. The van der Waals surface area contributed by atoms with Crippen LogP contribution in [0, 0.1) is 6.92 Å². The number of anilines is 2. The molecule has 2 atom stereocenters. The molecular weight excluding hydrogens is 382 g/mol. The summed E-state index contributed by atoms with van der Waals surface area (Å²) >= 11 is 5.74. The topological polar surface area (TPSA) is 62.2 Å². The van der Waals surface area contributed by atoms with Gasteiger partial charge in [-0.1, -0.05) is 6.07 Å². The lowest BCUT2D eigenvalue weighted by atomic mass is 10.0. The van der Waals surface area contributed by atoms with Gasteiger partial charge in [-0.15, -0.1) is 0 Å². The highest BCUT2D eigenvalue weighted by Gasteiger charge is 2.41. The largest absolute Gasteiger partial charge is 0.351 e. The van der Waals surface area contributed by atoms with E-state index in [2.05, 4.69) is 51.2 Å². The number of benzene rings is 1. The molecule has 0 saturated carbocycles. The molecular formula is C22H23N5OS. The summed E-state index contributed by atoms with van der Waals surface area (Å²) in [6.07, 6.45) is 1.80. The Balaban J connectivity index is 1.77. The van der Waals surface area contributed by atoms with Gasteiger partial charge in [0, 0.05) is 42.9 Å². The van der Waals surface area contributed by atoms with Crippen LogP contribution in [-0.2, 0) is 11.8 Å². The van der Waals surface area contributed by atoms with Gasteiger partial charge in [0.2, 0.25) is 5.91 Å². The van der Waals surface area contributed by atoms with Crippen LogP contribution in [0.3, 0.4) is 0 Å². The number of hydrogen-bond acceptors (Lipinski definition) is 3. The van der Waals surface area contributed by atoms with E-state index < -0.39 is 0 Å². The minimum atomic E-state index is -0.0940. The molecule has 1 amide bonds. The highest BCUT2D eigenvalue weighted by Crippen LogP contribution is 2.41. The van der Waals surface area contributed by atoms with E-state index >= 15 is 0 Å². The van der Waals surface area contributed by atoms with Gasteiger partial charge in [0.05, 0.1) is 11.7 Å². The molecule has 3 heterocycles. The summed E-state index contributed by atoms with van der Waals surface area (Å²) in [6, 6.07) is 17.8. The molecule has 0 bridgehead atoms. The molecule has 0 unspecified atom stereocenters. The van der Waals surface area contributed by atoms with Crippen LogP contribution in [0.15, 0.2) is 60.8 Å². The zero-order valence-electron chi connectivity index (χ0n) is 16.6. The Morgan fingerprint density at radius 1 is 1.14 bits per heavy atom. The zero-order valence-corrected chi connectivity index (χ0v) is 17.4. The van der Waals surface area contributed by atoms with Crippen molar-refractivity contribution in [2.45, 2.75) is 25.9 Å². The van der Waals surface area contributed by atoms with E-state index in [9.17, 15) is 4.79 Å². The lowest BCUT2D eigenvalue weighted by Gasteiger charge is -2.28. The van der Waals surface area contributed by atoms with E-state index in [0.717, 1.165) is 22.8 Å². The van der Waals surface area contributed by atoms with E-state index in [1.165, 1.54) is 12.6 Å². The molecule has 2 aromatic heterocycles. The van der Waals surface area contributed by atoms with Crippen molar-refractivity contribution in [2.75, 3.05) is 10.2 Å². The third-order valence-corrected chi connectivity index (χ3v) is 5.59. The number of nitrogens with zero attached hydrogens (tertiary/aromatic N) is 3. The molecule has 1 aromatic carbocycles. The van der Waals surface area contributed by atoms with Gasteiger partial charge in [0.15, 0.2) is 5.11 Å². The first-order valence-corrected chi connectivity index (χ1v) is 9.87. The average molecular weight is 406 g/mol. The molecule has 3 aromatic rings. The Morgan fingerprint density at radius 3 is 2.48 bits per heavy atom. The minimum absolute atomic E-state index is 0.0530. The van der Waals surface area contributed by atoms with E-state index in [0.29, 0.717) is 5.11 Å². The molecule has 0 radical (unpaired) electrons. The second-order valence-corrected chi connectivity index (χ2v) is 7.57. The Hall–Kier alpha value is -3.19. The average Bonchev–Trinajstić information content (AvgIpc) is 3.22. The first kappa shape index (κ1) is 19.1. The minimum Gasteiger partial charge on any atom is -0.351 e. The van der Waals surface area contributed by atoms with Crippen molar-refractivity contribution in [1.29, 1.82) is 0 Å². The Kier molecular flexibility index (Phi) is 5.07. The van der Waals surface area contributed by atoms with Crippen LogP contribution in [0.1, 0.15) is 36.1 Å².